The zero-order valence-electron chi connectivity index (χ0n) is 8.78. The van der Waals surface area contributed by atoms with Gasteiger partial charge in [-0.1, -0.05) is 0 Å². The van der Waals surface area contributed by atoms with Gasteiger partial charge >= 0.3 is 0 Å². The summed E-state index contributed by atoms with van der Waals surface area (Å²) in [5.74, 6) is 0.214. The first-order valence-electron chi connectivity index (χ1n) is 5.31. The first kappa shape index (κ1) is 11.9. The van der Waals surface area contributed by atoms with Crippen molar-refractivity contribution < 1.29 is 8.42 Å². The SMILES string of the molecule is CCS(=O)(=O)N1CCCC1CCCN. The minimum atomic E-state index is -2.98. The van der Waals surface area contributed by atoms with Gasteiger partial charge in [-0.25, -0.2) is 8.42 Å². The Hall–Kier alpha value is -0.130. The summed E-state index contributed by atoms with van der Waals surface area (Å²) in [6.45, 7) is 3.05. The first-order chi connectivity index (χ1) is 6.61. The van der Waals surface area contributed by atoms with Crippen molar-refractivity contribution in [2.24, 2.45) is 5.73 Å². The lowest BCUT2D eigenvalue weighted by Crippen LogP contribution is -2.36. The molecule has 0 aromatic carbocycles. The quantitative estimate of drug-likeness (QED) is 0.735. The second kappa shape index (κ2) is 5.09. The van der Waals surface area contributed by atoms with Crippen molar-refractivity contribution in [3.8, 4) is 0 Å². The van der Waals surface area contributed by atoms with E-state index in [-0.39, 0.29) is 11.8 Å². The van der Waals surface area contributed by atoms with Gasteiger partial charge in [0.25, 0.3) is 0 Å². The summed E-state index contributed by atoms with van der Waals surface area (Å²) in [6.07, 6.45) is 3.82. The van der Waals surface area contributed by atoms with E-state index < -0.39 is 10.0 Å². The maximum atomic E-state index is 11.7. The topological polar surface area (TPSA) is 63.4 Å². The lowest BCUT2D eigenvalue weighted by atomic mass is 10.1. The van der Waals surface area contributed by atoms with Crippen LogP contribution in [0.15, 0.2) is 0 Å². The van der Waals surface area contributed by atoms with Gasteiger partial charge in [0.15, 0.2) is 0 Å². The molecule has 0 bridgehead atoms. The molecule has 5 heteroatoms. The zero-order chi connectivity index (χ0) is 10.6. The second-order valence-corrected chi connectivity index (χ2v) is 5.95. The van der Waals surface area contributed by atoms with Crippen LogP contribution >= 0.6 is 0 Å². The number of rotatable bonds is 5. The molecule has 1 aliphatic rings. The summed E-state index contributed by atoms with van der Waals surface area (Å²) in [7, 11) is -2.98. The molecule has 1 fully saturated rings. The van der Waals surface area contributed by atoms with Crippen LogP contribution in [0.4, 0.5) is 0 Å². The second-order valence-electron chi connectivity index (χ2n) is 3.74. The van der Waals surface area contributed by atoms with Crippen molar-refractivity contribution in [3.05, 3.63) is 0 Å². The number of hydrogen-bond donors (Lipinski definition) is 1. The fraction of sp³-hybridized carbons (Fsp3) is 1.00. The Morgan fingerprint density at radius 3 is 2.79 bits per heavy atom. The maximum Gasteiger partial charge on any atom is 0.214 e. The number of sulfonamides is 1. The zero-order valence-corrected chi connectivity index (χ0v) is 9.59. The lowest BCUT2D eigenvalue weighted by Gasteiger charge is -2.23. The van der Waals surface area contributed by atoms with E-state index in [1.807, 2.05) is 0 Å². The summed E-state index contributed by atoms with van der Waals surface area (Å²) in [4.78, 5) is 0. The summed E-state index contributed by atoms with van der Waals surface area (Å²) in [6, 6.07) is 0.212. The number of hydrogen-bond acceptors (Lipinski definition) is 3. The molecule has 0 spiro atoms. The third kappa shape index (κ3) is 2.68. The van der Waals surface area contributed by atoms with Crippen molar-refractivity contribution >= 4 is 10.0 Å². The van der Waals surface area contributed by atoms with Crippen molar-refractivity contribution in [2.75, 3.05) is 18.8 Å². The Kier molecular flexibility index (Phi) is 4.34. The van der Waals surface area contributed by atoms with E-state index in [9.17, 15) is 8.42 Å². The van der Waals surface area contributed by atoms with E-state index in [1.165, 1.54) is 0 Å². The van der Waals surface area contributed by atoms with Gasteiger partial charge in [0.05, 0.1) is 5.75 Å². The molecule has 14 heavy (non-hydrogen) atoms. The van der Waals surface area contributed by atoms with Gasteiger partial charge in [-0.15, -0.1) is 0 Å². The van der Waals surface area contributed by atoms with Crippen LogP contribution in [0.25, 0.3) is 0 Å². The van der Waals surface area contributed by atoms with E-state index in [0.717, 1.165) is 25.7 Å². The molecule has 1 heterocycles. The van der Waals surface area contributed by atoms with Gasteiger partial charge in [-0.2, -0.15) is 4.31 Å². The molecule has 1 rings (SSSR count). The predicted octanol–water partition coefficient (Wildman–Crippen LogP) is 0.539. The van der Waals surface area contributed by atoms with Gasteiger partial charge < -0.3 is 5.73 Å². The van der Waals surface area contributed by atoms with E-state index >= 15 is 0 Å². The molecular weight excluding hydrogens is 200 g/mol. The van der Waals surface area contributed by atoms with Crippen molar-refractivity contribution in [3.63, 3.8) is 0 Å². The standard InChI is InChI=1S/C9H20N2O2S/c1-2-14(12,13)11-8-4-6-9(11)5-3-7-10/h9H,2-8,10H2,1H3. The Bertz CT molecular complexity index is 264. The smallest absolute Gasteiger partial charge is 0.214 e. The van der Waals surface area contributed by atoms with Crippen LogP contribution in [-0.4, -0.2) is 37.6 Å². The van der Waals surface area contributed by atoms with Crippen LogP contribution in [0.5, 0.6) is 0 Å². The van der Waals surface area contributed by atoms with Crippen molar-refractivity contribution in [1.82, 2.24) is 4.31 Å². The Balaban J connectivity index is 2.59. The molecule has 0 aromatic heterocycles. The molecule has 1 aliphatic heterocycles. The third-order valence-electron chi connectivity index (χ3n) is 2.79. The van der Waals surface area contributed by atoms with Crippen LogP contribution < -0.4 is 5.73 Å². The maximum absolute atomic E-state index is 11.7. The summed E-state index contributed by atoms with van der Waals surface area (Å²) < 4.78 is 25.0. The van der Waals surface area contributed by atoms with Crippen LogP contribution in [0, 0.1) is 0 Å². The van der Waals surface area contributed by atoms with E-state index in [0.29, 0.717) is 13.1 Å². The number of nitrogens with zero attached hydrogens (tertiary/aromatic N) is 1. The van der Waals surface area contributed by atoms with E-state index in [1.54, 1.807) is 11.2 Å². The molecule has 0 saturated carbocycles. The Labute approximate surface area is 86.5 Å². The molecule has 84 valence electrons. The Morgan fingerprint density at radius 1 is 1.50 bits per heavy atom. The largest absolute Gasteiger partial charge is 0.330 e. The van der Waals surface area contributed by atoms with Crippen LogP contribution in [-0.2, 0) is 10.0 Å². The average Bonchev–Trinajstić information content (AvgIpc) is 2.63. The molecule has 1 atom stereocenters. The van der Waals surface area contributed by atoms with Crippen LogP contribution in [0.1, 0.15) is 32.6 Å². The molecule has 0 amide bonds. The molecule has 1 saturated heterocycles. The number of nitrogens with two attached hydrogens (primary N) is 1. The van der Waals surface area contributed by atoms with Gasteiger partial charge in [-0.05, 0) is 39.2 Å². The van der Waals surface area contributed by atoms with Gasteiger partial charge in [0.2, 0.25) is 10.0 Å². The fourth-order valence-corrected chi connectivity index (χ4v) is 3.39. The molecule has 1 unspecified atom stereocenters. The normalized spacial score (nSPS) is 24.3. The lowest BCUT2D eigenvalue weighted by molar-refractivity contribution is 0.366. The monoisotopic (exact) mass is 220 g/mol. The molecule has 0 radical (unpaired) electrons. The minimum absolute atomic E-state index is 0.212. The highest BCUT2D eigenvalue weighted by atomic mass is 32.2. The van der Waals surface area contributed by atoms with Crippen molar-refractivity contribution in [2.45, 2.75) is 38.6 Å². The average molecular weight is 220 g/mol. The van der Waals surface area contributed by atoms with E-state index in [4.69, 9.17) is 5.73 Å². The van der Waals surface area contributed by atoms with Crippen molar-refractivity contribution in [1.29, 1.82) is 0 Å². The summed E-state index contributed by atoms with van der Waals surface area (Å²) >= 11 is 0. The molecule has 4 nitrogen and oxygen atoms in total. The van der Waals surface area contributed by atoms with Crippen LogP contribution in [0.2, 0.25) is 0 Å². The highest BCUT2D eigenvalue weighted by molar-refractivity contribution is 7.89. The minimum Gasteiger partial charge on any atom is -0.330 e. The first-order valence-corrected chi connectivity index (χ1v) is 6.92. The summed E-state index contributed by atoms with van der Waals surface area (Å²) in [5.41, 5.74) is 5.43. The van der Waals surface area contributed by atoms with Gasteiger partial charge in [-0.3, -0.25) is 0 Å². The van der Waals surface area contributed by atoms with E-state index in [2.05, 4.69) is 0 Å². The van der Waals surface area contributed by atoms with Gasteiger partial charge in [0.1, 0.15) is 0 Å². The molecular formula is C9H20N2O2S. The molecule has 2 N–H and O–H groups in total. The van der Waals surface area contributed by atoms with Gasteiger partial charge in [0, 0.05) is 12.6 Å². The third-order valence-corrected chi connectivity index (χ3v) is 4.71. The predicted molar refractivity (Wildman–Crippen MR) is 57.5 cm³/mol. The van der Waals surface area contributed by atoms with Crippen LogP contribution in [0.3, 0.4) is 0 Å². The highest BCUT2D eigenvalue weighted by Gasteiger charge is 2.32. The molecule has 0 aromatic rings. The summed E-state index contributed by atoms with van der Waals surface area (Å²) in [5, 5.41) is 0. The molecule has 0 aliphatic carbocycles. The highest BCUT2D eigenvalue weighted by Crippen LogP contribution is 2.24. The fourth-order valence-electron chi connectivity index (χ4n) is 1.98. The Morgan fingerprint density at radius 2 is 2.21 bits per heavy atom.